The Kier molecular flexibility index (Phi) is 40.5. The molecular weight excluding hydrogens is 504 g/mol. The Labute approximate surface area is 269 Å². The molecule has 0 heterocycles. The summed E-state index contributed by atoms with van der Waals surface area (Å²) in [6, 6.07) is 0. The molecule has 0 unspecified atom stereocenters. The molecule has 0 atom stereocenters. The SMILES string of the molecule is CCCCCCCCCCCCCC/C=C\CCCCCCCCCCCCCCCCCCCCCCCCCC. The lowest BCUT2D eigenvalue weighted by Gasteiger charge is -2.04. The van der Waals surface area contributed by atoms with Crippen LogP contribution in [0.5, 0.6) is 0 Å². The zero-order chi connectivity index (χ0) is 30.3. The molecule has 0 bridgehead atoms. The maximum absolute atomic E-state index is 2.47. The predicted octanol–water partition coefficient (Wildman–Crippen LogP) is 16.4. The van der Waals surface area contributed by atoms with Crippen LogP contribution in [0.15, 0.2) is 12.2 Å². The van der Waals surface area contributed by atoms with E-state index in [9.17, 15) is 0 Å². The van der Waals surface area contributed by atoms with Crippen LogP contribution in [0.25, 0.3) is 0 Å². The van der Waals surface area contributed by atoms with E-state index < -0.39 is 0 Å². The molecule has 0 aromatic heterocycles. The standard InChI is InChI=1S/C42H84/c1-3-5-7-9-11-13-15-17-19-21-23-25-27-29-31-33-35-37-39-41-42-40-38-36-34-32-30-28-26-24-22-20-18-16-14-12-10-8-6-4-2/h29,31H,3-28,30,32-42H2,1-2H3/b31-29-. The molecule has 0 saturated carbocycles. The zero-order valence-electron chi connectivity index (χ0n) is 30.0. The van der Waals surface area contributed by atoms with Crippen molar-refractivity contribution in [2.45, 2.75) is 258 Å². The van der Waals surface area contributed by atoms with E-state index in [0.717, 1.165) is 0 Å². The summed E-state index contributed by atoms with van der Waals surface area (Å²) in [6.45, 7) is 4.62. The maximum atomic E-state index is 2.47. The van der Waals surface area contributed by atoms with Gasteiger partial charge in [-0.3, -0.25) is 0 Å². The summed E-state index contributed by atoms with van der Waals surface area (Å²) >= 11 is 0. The van der Waals surface area contributed by atoms with Crippen LogP contribution < -0.4 is 0 Å². The monoisotopic (exact) mass is 589 g/mol. The molecule has 0 fully saturated rings. The van der Waals surface area contributed by atoms with Crippen molar-refractivity contribution in [2.24, 2.45) is 0 Å². The molecule has 0 aromatic rings. The van der Waals surface area contributed by atoms with Gasteiger partial charge in [0.2, 0.25) is 0 Å². The molecule has 0 aliphatic heterocycles. The number of rotatable bonds is 38. The van der Waals surface area contributed by atoms with E-state index in [2.05, 4.69) is 26.0 Å². The van der Waals surface area contributed by atoms with Crippen molar-refractivity contribution >= 4 is 0 Å². The van der Waals surface area contributed by atoms with E-state index >= 15 is 0 Å². The van der Waals surface area contributed by atoms with Crippen molar-refractivity contribution < 1.29 is 0 Å². The molecule has 0 nitrogen and oxygen atoms in total. The zero-order valence-corrected chi connectivity index (χ0v) is 30.0. The molecule has 0 spiro atoms. The van der Waals surface area contributed by atoms with Crippen LogP contribution in [0.1, 0.15) is 258 Å². The fourth-order valence-corrected chi connectivity index (χ4v) is 6.56. The number of unbranched alkanes of at least 4 members (excludes halogenated alkanes) is 36. The summed E-state index contributed by atoms with van der Waals surface area (Å²) in [5.41, 5.74) is 0. The van der Waals surface area contributed by atoms with Gasteiger partial charge >= 0.3 is 0 Å². The van der Waals surface area contributed by atoms with Gasteiger partial charge in [-0.05, 0) is 25.7 Å². The van der Waals surface area contributed by atoms with Gasteiger partial charge in [-0.15, -0.1) is 0 Å². The molecule has 252 valence electrons. The first-order chi connectivity index (χ1) is 20.9. The molecule has 42 heavy (non-hydrogen) atoms. The van der Waals surface area contributed by atoms with Gasteiger partial charge in [-0.25, -0.2) is 0 Å². The van der Waals surface area contributed by atoms with Crippen molar-refractivity contribution in [1.29, 1.82) is 0 Å². The van der Waals surface area contributed by atoms with Gasteiger partial charge in [0.25, 0.3) is 0 Å². The summed E-state index contributed by atoms with van der Waals surface area (Å²) in [4.78, 5) is 0. The maximum Gasteiger partial charge on any atom is -0.0351 e. The second-order valence-electron chi connectivity index (χ2n) is 14.1. The number of hydrogen-bond donors (Lipinski definition) is 0. The van der Waals surface area contributed by atoms with E-state index in [1.807, 2.05) is 0 Å². The highest BCUT2D eigenvalue weighted by Gasteiger charge is 1.97. The van der Waals surface area contributed by atoms with Crippen LogP contribution in [0, 0.1) is 0 Å². The first-order valence-corrected chi connectivity index (χ1v) is 20.6. The Hall–Kier alpha value is -0.260. The van der Waals surface area contributed by atoms with E-state index in [0.29, 0.717) is 0 Å². The average Bonchev–Trinajstić information content (AvgIpc) is 3.00. The van der Waals surface area contributed by atoms with E-state index in [1.165, 1.54) is 244 Å². The Morgan fingerprint density at radius 2 is 0.333 bits per heavy atom. The first-order valence-electron chi connectivity index (χ1n) is 20.6. The summed E-state index contributed by atoms with van der Waals surface area (Å²) in [5, 5.41) is 0. The molecule has 0 aromatic carbocycles. The van der Waals surface area contributed by atoms with Crippen LogP contribution in [0.4, 0.5) is 0 Å². The minimum atomic E-state index is 1.32. The minimum Gasteiger partial charge on any atom is -0.0885 e. The van der Waals surface area contributed by atoms with Crippen molar-refractivity contribution in [2.75, 3.05) is 0 Å². The van der Waals surface area contributed by atoms with Crippen LogP contribution in [-0.2, 0) is 0 Å². The van der Waals surface area contributed by atoms with Crippen molar-refractivity contribution in [3.05, 3.63) is 12.2 Å². The summed E-state index contributed by atoms with van der Waals surface area (Å²) in [5.74, 6) is 0. The van der Waals surface area contributed by atoms with Crippen molar-refractivity contribution in [1.82, 2.24) is 0 Å². The average molecular weight is 589 g/mol. The quantitative estimate of drug-likeness (QED) is 0.0497. The van der Waals surface area contributed by atoms with E-state index in [4.69, 9.17) is 0 Å². The highest BCUT2D eigenvalue weighted by molar-refractivity contribution is 4.81. The highest BCUT2D eigenvalue weighted by atomic mass is 14.0. The number of hydrogen-bond acceptors (Lipinski definition) is 0. The summed E-state index contributed by atoms with van der Waals surface area (Å²) in [6.07, 6.45) is 60.4. The Balaban J connectivity index is 3.07. The Bertz CT molecular complexity index is 463. The van der Waals surface area contributed by atoms with Crippen LogP contribution in [-0.4, -0.2) is 0 Å². The van der Waals surface area contributed by atoms with Crippen LogP contribution in [0.3, 0.4) is 0 Å². The van der Waals surface area contributed by atoms with Crippen LogP contribution >= 0.6 is 0 Å². The third kappa shape index (κ3) is 39.7. The molecule has 0 aliphatic carbocycles. The lowest BCUT2D eigenvalue weighted by Crippen LogP contribution is -1.84. The molecule has 0 saturated heterocycles. The van der Waals surface area contributed by atoms with Crippen LogP contribution in [0.2, 0.25) is 0 Å². The molecule has 0 amide bonds. The normalized spacial score (nSPS) is 11.8. The van der Waals surface area contributed by atoms with Gasteiger partial charge in [0, 0.05) is 0 Å². The van der Waals surface area contributed by atoms with E-state index in [-0.39, 0.29) is 0 Å². The molecule has 0 heteroatoms. The fourth-order valence-electron chi connectivity index (χ4n) is 6.56. The summed E-state index contributed by atoms with van der Waals surface area (Å²) < 4.78 is 0. The largest absolute Gasteiger partial charge is 0.0885 e. The third-order valence-electron chi connectivity index (χ3n) is 9.62. The molecule has 0 aliphatic rings. The lowest BCUT2D eigenvalue weighted by molar-refractivity contribution is 0.517. The minimum absolute atomic E-state index is 1.32. The molecule has 0 N–H and O–H groups in total. The van der Waals surface area contributed by atoms with Gasteiger partial charge in [-0.2, -0.15) is 0 Å². The molecular formula is C42H84. The molecule has 0 radical (unpaired) electrons. The second-order valence-corrected chi connectivity index (χ2v) is 14.1. The molecule has 0 rings (SSSR count). The Morgan fingerprint density at radius 3 is 0.500 bits per heavy atom. The van der Waals surface area contributed by atoms with Crippen molar-refractivity contribution in [3.8, 4) is 0 Å². The Morgan fingerprint density at radius 1 is 0.190 bits per heavy atom. The summed E-state index contributed by atoms with van der Waals surface area (Å²) in [7, 11) is 0. The van der Waals surface area contributed by atoms with Gasteiger partial charge in [0.1, 0.15) is 0 Å². The van der Waals surface area contributed by atoms with Crippen molar-refractivity contribution in [3.63, 3.8) is 0 Å². The topological polar surface area (TPSA) is 0 Å². The number of allylic oxidation sites excluding steroid dienone is 2. The highest BCUT2D eigenvalue weighted by Crippen LogP contribution is 2.16. The van der Waals surface area contributed by atoms with E-state index in [1.54, 1.807) is 0 Å². The van der Waals surface area contributed by atoms with Gasteiger partial charge in [-0.1, -0.05) is 244 Å². The first kappa shape index (κ1) is 41.7. The smallest absolute Gasteiger partial charge is 0.0351 e. The fraction of sp³-hybridized carbons (Fsp3) is 0.952. The predicted molar refractivity (Wildman–Crippen MR) is 196 cm³/mol. The lowest BCUT2D eigenvalue weighted by atomic mass is 10.0. The third-order valence-corrected chi connectivity index (χ3v) is 9.62. The van der Waals surface area contributed by atoms with Gasteiger partial charge < -0.3 is 0 Å². The second kappa shape index (κ2) is 40.7. The van der Waals surface area contributed by atoms with Gasteiger partial charge in [0.05, 0.1) is 0 Å². The van der Waals surface area contributed by atoms with Gasteiger partial charge in [0.15, 0.2) is 0 Å².